The third kappa shape index (κ3) is 3.66. The van der Waals surface area contributed by atoms with E-state index in [1.165, 1.54) is 30.5 Å². The lowest BCUT2D eigenvalue weighted by atomic mass is 9.66. The number of benzene rings is 2. The Labute approximate surface area is 255 Å². The number of carbonyl (C=O) groups is 2. The van der Waals surface area contributed by atoms with Crippen molar-refractivity contribution in [2.24, 2.45) is 0 Å². The fourth-order valence-corrected chi connectivity index (χ4v) is 7.72. The maximum absolute atomic E-state index is 14.2. The lowest BCUT2D eigenvalue weighted by Crippen LogP contribution is -2.76. The van der Waals surface area contributed by atoms with Crippen LogP contribution in [0.25, 0.3) is 10.8 Å². The smallest absolute Gasteiger partial charge is 0.260 e. The van der Waals surface area contributed by atoms with E-state index in [1.807, 2.05) is 0 Å². The second-order valence-corrected chi connectivity index (χ2v) is 12.5. The molecule has 0 unspecified atom stereocenters. The normalized spacial score (nSPS) is 33.4. The van der Waals surface area contributed by atoms with Crippen LogP contribution in [0.3, 0.4) is 0 Å². The Hall–Kier alpha value is -4.17. The topological polar surface area (TPSA) is 199 Å². The Bertz CT molecular complexity index is 1920. The molecule has 2 spiro atoms. The molecule has 45 heavy (non-hydrogen) atoms. The SMILES string of the molecule is Cc1cc(O)c2c(c1)C(=O)c1c(c3cc4c(nccc14)NC[C@@H](O)CC1=C4C=C[C@@]5(O3)O[C@]4([C@H](O)CC1)[C@@H](O)[C@H](O)[C@H]5O)C2=O. The largest absolute Gasteiger partial charge is 0.507 e. The molecule has 12 heteroatoms. The molecule has 5 heterocycles. The third-order valence-corrected chi connectivity index (χ3v) is 9.80. The Morgan fingerprint density at radius 1 is 0.978 bits per heavy atom. The van der Waals surface area contributed by atoms with Crippen molar-refractivity contribution >= 4 is 28.2 Å². The molecule has 1 saturated heterocycles. The Morgan fingerprint density at radius 3 is 2.58 bits per heavy atom. The molecular formula is C33H30N2O10. The van der Waals surface area contributed by atoms with E-state index in [2.05, 4.69) is 10.3 Å². The first-order chi connectivity index (χ1) is 21.5. The maximum atomic E-state index is 14.2. The first-order valence-electron chi connectivity index (χ1n) is 14.8. The number of ether oxygens (including phenoxy) is 2. The van der Waals surface area contributed by atoms with E-state index in [0.29, 0.717) is 39.7 Å². The Balaban J connectivity index is 1.44. The highest BCUT2D eigenvalue weighted by atomic mass is 16.7. The van der Waals surface area contributed by atoms with Gasteiger partial charge >= 0.3 is 0 Å². The zero-order valence-corrected chi connectivity index (χ0v) is 24.0. The van der Waals surface area contributed by atoms with Crippen LogP contribution < -0.4 is 10.1 Å². The van der Waals surface area contributed by atoms with Gasteiger partial charge in [0.1, 0.15) is 29.5 Å². The predicted octanol–water partition coefficient (Wildman–Crippen LogP) is 1.15. The van der Waals surface area contributed by atoms with E-state index in [0.717, 1.165) is 0 Å². The maximum Gasteiger partial charge on any atom is 0.260 e. The highest BCUT2D eigenvalue weighted by Crippen LogP contribution is 2.53. The molecule has 9 rings (SSSR count). The summed E-state index contributed by atoms with van der Waals surface area (Å²) >= 11 is 0. The number of hydrogen-bond donors (Lipinski definition) is 7. The van der Waals surface area contributed by atoms with Crippen LogP contribution in [0.2, 0.25) is 0 Å². The van der Waals surface area contributed by atoms with Crippen molar-refractivity contribution in [1.82, 2.24) is 4.98 Å². The summed E-state index contributed by atoms with van der Waals surface area (Å²) in [6.45, 7) is 1.72. The van der Waals surface area contributed by atoms with Crippen molar-refractivity contribution in [3.8, 4) is 11.5 Å². The number of carbonyl (C=O) groups excluding carboxylic acids is 2. The molecular weight excluding hydrogens is 584 g/mol. The van der Waals surface area contributed by atoms with E-state index in [9.17, 15) is 40.2 Å². The van der Waals surface area contributed by atoms with E-state index in [1.54, 1.807) is 19.1 Å². The van der Waals surface area contributed by atoms with Gasteiger partial charge in [0, 0.05) is 29.3 Å². The first kappa shape index (κ1) is 28.3. The fourth-order valence-electron chi connectivity index (χ4n) is 7.72. The van der Waals surface area contributed by atoms with Gasteiger partial charge in [-0.1, -0.05) is 11.6 Å². The third-order valence-electron chi connectivity index (χ3n) is 9.80. The number of anilines is 1. The molecule has 232 valence electrons. The molecule has 2 aromatic carbocycles. The molecule has 7 N–H and O–H groups in total. The second kappa shape index (κ2) is 9.42. The molecule has 2 aliphatic carbocycles. The van der Waals surface area contributed by atoms with Gasteiger partial charge in [0.15, 0.2) is 17.5 Å². The van der Waals surface area contributed by atoms with E-state index < -0.39 is 53.5 Å². The molecule has 1 aromatic heterocycles. The second-order valence-electron chi connectivity index (χ2n) is 12.5. The standard InChI is InChI=1S/C33H30N2O10/c1-13-8-18-23(20(37)9-13)27(40)25-21-11-17-16(24(25)26(18)39)5-7-34-31(17)35-12-15(36)10-14-2-3-22(38)33-19(14)4-6-32(44-21,45-33)29(42)28(41)30(33)43/h4-9,11,15,22,28-30,36-38,41-43H,2-3,10,12H2,1H3,(H,34,35)/t15-,22+,28+,29+,30-,32+,33+/m0/s1. The molecule has 0 saturated carbocycles. The van der Waals surface area contributed by atoms with Crippen molar-refractivity contribution in [2.75, 3.05) is 11.9 Å². The van der Waals surface area contributed by atoms with Gasteiger partial charge in [0.25, 0.3) is 5.79 Å². The van der Waals surface area contributed by atoms with Crippen LogP contribution in [0, 0.1) is 6.92 Å². The number of ketones is 2. The number of aromatic hydroxyl groups is 1. The highest BCUT2D eigenvalue weighted by Gasteiger charge is 2.67. The number of pyridine rings is 1. The lowest BCUT2D eigenvalue weighted by molar-refractivity contribution is -0.358. The average Bonchev–Trinajstić information content (AvgIpc) is 3.01. The summed E-state index contributed by atoms with van der Waals surface area (Å²) in [6.07, 6.45) is -2.85. The minimum Gasteiger partial charge on any atom is -0.507 e. The number of aromatic nitrogens is 1. The quantitative estimate of drug-likeness (QED) is 0.149. The highest BCUT2D eigenvalue weighted by molar-refractivity contribution is 6.34. The molecule has 1 fully saturated rings. The number of aryl methyl sites for hydroxylation is 1. The molecule has 4 aliphatic heterocycles. The molecule has 12 nitrogen and oxygen atoms in total. The number of nitrogens with one attached hydrogen (secondary N) is 1. The average molecular weight is 615 g/mol. The van der Waals surface area contributed by atoms with Crippen molar-refractivity contribution in [1.29, 1.82) is 0 Å². The molecule has 6 aliphatic rings. The fraction of sp³-hybridized carbons (Fsp3) is 0.364. The van der Waals surface area contributed by atoms with Gasteiger partial charge < -0.3 is 45.4 Å². The summed E-state index contributed by atoms with van der Waals surface area (Å²) in [5.74, 6) is -3.84. The van der Waals surface area contributed by atoms with Crippen molar-refractivity contribution in [3.05, 3.63) is 81.6 Å². The monoisotopic (exact) mass is 614 g/mol. The van der Waals surface area contributed by atoms with Crippen LogP contribution in [0.5, 0.6) is 11.5 Å². The lowest BCUT2D eigenvalue weighted by Gasteiger charge is -2.59. The van der Waals surface area contributed by atoms with Crippen LogP contribution in [0.4, 0.5) is 5.82 Å². The number of phenolic OH excluding ortho intramolecular Hbond substituents is 1. The molecule has 3 aromatic rings. The summed E-state index contributed by atoms with van der Waals surface area (Å²) in [7, 11) is 0. The van der Waals surface area contributed by atoms with Gasteiger partial charge in [-0.25, -0.2) is 4.98 Å². The Kier molecular flexibility index (Phi) is 5.93. The summed E-state index contributed by atoms with van der Waals surface area (Å²) in [5.41, 5.74) is -0.770. The van der Waals surface area contributed by atoms with E-state index >= 15 is 0 Å². The van der Waals surface area contributed by atoms with E-state index in [4.69, 9.17) is 9.47 Å². The number of hydrogen-bond acceptors (Lipinski definition) is 12. The number of phenols is 1. The van der Waals surface area contributed by atoms with Crippen molar-refractivity contribution in [3.63, 3.8) is 0 Å². The summed E-state index contributed by atoms with van der Waals surface area (Å²) in [5, 5.41) is 71.1. The Morgan fingerprint density at radius 2 is 1.78 bits per heavy atom. The van der Waals surface area contributed by atoms with Crippen molar-refractivity contribution < 1.29 is 49.7 Å². The van der Waals surface area contributed by atoms with Gasteiger partial charge in [-0.05, 0) is 73.1 Å². The van der Waals surface area contributed by atoms with Gasteiger partial charge in [-0.15, -0.1) is 0 Å². The predicted molar refractivity (Wildman–Crippen MR) is 157 cm³/mol. The van der Waals surface area contributed by atoms with Crippen LogP contribution in [0.15, 0.2) is 53.8 Å². The molecule has 0 amide bonds. The van der Waals surface area contributed by atoms with Gasteiger partial charge in [0.05, 0.1) is 23.3 Å². The summed E-state index contributed by atoms with van der Waals surface area (Å²) in [6, 6.07) is 5.92. The zero-order chi connectivity index (χ0) is 31.6. The van der Waals surface area contributed by atoms with Gasteiger partial charge in [0.2, 0.25) is 5.78 Å². The van der Waals surface area contributed by atoms with Crippen LogP contribution in [0.1, 0.15) is 56.7 Å². The van der Waals surface area contributed by atoms with Crippen LogP contribution in [-0.2, 0) is 4.74 Å². The number of nitrogens with zero attached hydrogens (tertiary/aromatic N) is 1. The molecule has 0 radical (unpaired) electrons. The number of aliphatic hydroxyl groups excluding tert-OH is 5. The van der Waals surface area contributed by atoms with Crippen molar-refractivity contribution in [2.45, 2.75) is 68.1 Å². The van der Waals surface area contributed by atoms with E-state index in [-0.39, 0.29) is 53.1 Å². The molecule has 7 atom stereocenters. The number of fused-ring (bicyclic) bond motifs is 6. The van der Waals surface area contributed by atoms with Gasteiger partial charge in [-0.3, -0.25) is 9.59 Å². The zero-order valence-electron chi connectivity index (χ0n) is 24.0. The van der Waals surface area contributed by atoms with Crippen LogP contribution >= 0.6 is 0 Å². The van der Waals surface area contributed by atoms with Gasteiger partial charge in [-0.2, -0.15) is 0 Å². The number of aliphatic hydroxyl groups is 5. The minimum atomic E-state index is -2.25. The first-order valence-corrected chi connectivity index (χ1v) is 14.8. The summed E-state index contributed by atoms with van der Waals surface area (Å²) in [4.78, 5) is 32.9. The van der Waals surface area contributed by atoms with Crippen LogP contribution in [-0.4, -0.2) is 95.6 Å². The summed E-state index contributed by atoms with van der Waals surface area (Å²) < 4.78 is 12.8. The molecule has 6 bridgehead atoms. The minimum absolute atomic E-state index is 0.00871. The number of rotatable bonds is 0.